The minimum Gasteiger partial charge on any atom is -0.491 e. The van der Waals surface area contributed by atoms with Crippen molar-refractivity contribution in [3.8, 4) is 5.75 Å². The maximum atomic E-state index is 13.4. The molecule has 2 aromatic rings. The summed E-state index contributed by atoms with van der Waals surface area (Å²) in [4.78, 5) is 16.8. The van der Waals surface area contributed by atoms with E-state index in [1.54, 1.807) is 17.0 Å². The van der Waals surface area contributed by atoms with Crippen LogP contribution in [-0.4, -0.2) is 50.3 Å². The first-order valence-electron chi connectivity index (χ1n) is 9.30. The van der Waals surface area contributed by atoms with Crippen LogP contribution in [-0.2, 0) is 22.5 Å². The fraction of sp³-hybridized carbons (Fsp3) is 0.381. The van der Waals surface area contributed by atoms with Crippen molar-refractivity contribution in [1.29, 1.82) is 0 Å². The highest BCUT2D eigenvalue weighted by molar-refractivity contribution is 5.79. The number of halogens is 1. The number of fused-ring (bicyclic) bond motifs is 1. The zero-order chi connectivity index (χ0) is 18.6. The van der Waals surface area contributed by atoms with E-state index >= 15 is 0 Å². The SMILES string of the molecule is O=C(Cc1cccc(F)c1)N1CCOc2ccc(N3CCOCC3)cc2C1. The Bertz CT molecular complexity index is 821. The van der Waals surface area contributed by atoms with Crippen LogP contribution in [0.15, 0.2) is 42.5 Å². The van der Waals surface area contributed by atoms with Crippen molar-refractivity contribution in [3.63, 3.8) is 0 Å². The molecule has 0 unspecified atom stereocenters. The minimum absolute atomic E-state index is 0.0196. The zero-order valence-electron chi connectivity index (χ0n) is 15.2. The standard InChI is InChI=1S/C21H23FN2O3/c22-18-3-1-2-16(12-18)13-21(25)24-8-11-27-20-5-4-19(14-17(20)15-24)23-6-9-26-10-7-23/h1-5,12,14H,6-11,13,15H2. The lowest BCUT2D eigenvalue weighted by molar-refractivity contribution is -0.131. The van der Waals surface area contributed by atoms with Gasteiger partial charge in [-0.05, 0) is 35.9 Å². The first kappa shape index (κ1) is 17.8. The second-order valence-corrected chi connectivity index (χ2v) is 6.86. The molecule has 1 amide bonds. The molecular weight excluding hydrogens is 347 g/mol. The van der Waals surface area contributed by atoms with Crippen LogP contribution >= 0.6 is 0 Å². The van der Waals surface area contributed by atoms with Crippen LogP contribution in [0.5, 0.6) is 5.75 Å². The van der Waals surface area contributed by atoms with E-state index in [0.717, 1.165) is 43.3 Å². The molecule has 0 aliphatic carbocycles. The van der Waals surface area contributed by atoms with Crippen molar-refractivity contribution in [3.05, 3.63) is 59.4 Å². The summed E-state index contributed by atoms with van der Waals surface area (Å²) < 4.78 is 24.6. The summed E-state index contributed by atoms with van der Waals surface area (Å²) in [6.45, 7) is 4.66. The van der Waals surface area contributed by atoms with Gasteiger partial charge in [-0.3, -0.25) is 4.79 Å². The van der Waals surface area contributed by atoms with E-state index in [0.29, 0.717) is 25.3 Å². The predicted molar refractivity (Wildman–Crippen MR) is 100 cm³/mol. The van der Waals surface area contributed by atoms with Gasteiger partial charge >= 0.3 is 0 Å². The summed E-state index contributed by atoms with van der Waals surface area (Å²) in [5, 5.41) is 0. The third kappa shape index (κ3) is 4.22. The minimum atomic E-state index is -0.319. The number of anilines is 1. The van der Waals surface area contributed by atoms with E-state index in [9.17, 15) is 9.18 Å². The van der Waals surface area contributed by atoms with Crippen molar-refractivity contribution < 1.29 is 18.7 Å². The fourth-order valence-corrected chi connectivity index (χ4v) is 3.55. The Morgan fingerprint density at radius 1 is 1.04 bits per heavy atom. The van der Waals surface area contributed by atoms with Crippen LogP contribution in [0, 0.1) is 5.82 Å². The summed E-state index contributed by atoms with van der Waals surface area (Å²) in [6, 6.07) is 12.4. The average Bonchev–Trinajstić information content (AvgIpc) is 2.90. The molecule has 2 heterocycles. The monoisotopic (exact) mass is 370 g/mol. The van der Waals surface area contributed by atoms with Crippen molar-refractivity contribution in [2.45, 2.75) is 13.0 Å². The van der Waals surface area contributed by atoms with Gasteiger partial charge in [-0.15, -0.1) is 0 Å². The van der Waals surface area contributed by atoms with E-state index in [1.165, 1.54) is 12.1 Å². The van der Waals surface area contributed by atoms with Crippen molar-refractivity contribution in [1.82, 2.24) is 4.90 Å². The molecule has 142 valence electrons. The first-order valence-corrected chi connectivity index (χ1v) is 9.30. The Morgan fingerprint density at radius 2 is 1.89 bits per heavy atom. The molecule has 0 N–H and O–H groups in total. The molecule has 1 fully saturated rings. The molecule has 2 aliphatic heterocycles. The molecule has 6 heteroatoms. The molecule has 0 saturated carbocycles. The Kier molecular flexibility index (Phi) is 5.25. The van der Waals surface area contributed by atoms with Crippen LogP contribution in [0.25, 0.3) is 0 Å². The number of hydrogen-bond acceptors (Lipinski definition) is 4. The van der Waals surface area contributed by atoms with Crippen LogP contribution in [0.4, 0.5) is 10.1 Å². The number of morpholine rings is 1. The van der Waals surface area contributed by atoms with E-state index < -0.39 is 0 Å². The van der Waals surface area contributed by atoms with Gasteiger partial charge in [0.2, 0.25) is 5.91 Å². The van der Waals surface area contributed by atoms with Gasteiger partial charge in [-0.25, -0.2) is 4.39 Å². The molecule has 2 aliphatic rings. The molecule has 2 aromatic carbocycles. The summed E-state index contributed by atoms with van der Waals surface area (Å²) in [5.74, 6) is 0.488. The second-order valence-electron chi connectivity index (χ2n) is 6.86. The van der Waals surface area contributed by atoms with Crippen molar-refractivity contribution >= 4 is 11.6 Å². The van der Waals surface area contributed by atoms with Gasteiger partial charge in [0.05, 0.1) is 26.2 Å². The topological polar surface area (TPSA) is 42.0 Å². The third-order valence-electron chi connectivity index (χ3n) is 5.00. The number of hydrogen-bond donors (Lipinski definition) is 0. The Labute approximate surface area is 158 Å². The average molecular weight is 370 g/mol. The lowest BCUT2D eigenvalue weighted by Crippen LogP contribution is -2.36. The van der Waals surface area contributed by atoms with E-state index in [2.05, 4.69) is 17.0 Å². The molecule has 5 nitrogen and oxygen atoms in total. The molecular formula is C21H23FN2O3. The fourth-order valence-electron chi connectivity index (χ4n) is 3.55. The first-order chi connectivity index (χ1) is 13.2. The highest BCUT2D eigenvalue weighted by Gasteiger charge is 2.21. The summed E-state index contributed by atoms with van der Waals surface area (Å²) in [7, 11) is 0. The molecule has 0 bridgehead atoms. The number of rotatable bonds is 3. The lowest BCUT2D eigenvalue weighted by Gasteiger charge is -2.29. The van der Waals surface area contributed by atoms with Crippen molar-refractivity contribution in [2.75, 3.05) is 44.4 Å². The van der Waals surface area contributed by atoms with Gasteiger partial charge < -0.3 is 19.3 Å². The van der Waals surface area contributed by atoms with Gasteiger partial charge in [0, 0.05) is 30.9 Å². The molecule has 0 radical (unpaired) electrons. The Morgan fingerprint density at radius 3 is 2.70 bits per heavy atom. The van der Waals surface area contributed by atoms with E-state index in [-0.39, 0.29) is 18.1 Å². The van der Waals surface area contributed by atoms with Gasteiger partial charge in [0.25, 0.3) is 0 Å². The van der Waals surface area contributed by atoms with Gasteiger partial charge in [-0.2, -0.15) is 0 Å². The third-order valence-corrected chi connectivity index (χ3v) is 5.00. The highest BCUT2D eigenvalue weighted by atomic mass is 19.1. The molecule has 0 atom stereocenters. The maximum absolute atomic E-state index is 13.4. The van der Waals surface area contributed by atoms with Gasteiger partial charge in [-0.1, -0.05) is 12.1 Å². The number of carbonyl (C=O) groups is 1. The molecule has 4 rings (SSSR count). The number of carbonyl (C=O) groups excluding carboxylic acids is 1. The summed E-state index contributed by atoms with van der Waals surface area (Å²) in [6.07, 6.45) is 0.191. The van der Waals surface area contributed by atoms with Crippen LogP contribution in [0.1, 0.15) is 11.1 Å². The molecule has 27 heavy (non-hydrogen) atoms. The lowest BCUT2D eigenvalue weighted by atomic mass is 10.1. The molecule has 0 aromatic heterocycles. The van der Waals surface area contributed by atoms with Crippen LogP contribution < -0.4 is 9.64 Å². The van der Waals surface area contributed by atoms with Crippen LogP contribution in [0.3, 0.4) is 0 Å². The van der Waals surface area contributed by atoms with E-state index in [4.69, 9.17) is 9.47 Å². The largest absolute Gasteiger partial charge is 0.491 e. The normalized spacial score (nSPS) is 17.1. The second kappa shape index (κ2) is 7.96. The van der Waals surface area contributed by atoms with E-state index in [1.807, 2.05) is 6.07 Å². The molecule has 1 saturated heterocycles. The summed E-state index contributed by atoms with van der Waals surface area (Å²) in [5.41, 5.74) is 2.82. The Hall–Kier alpha value is -2.60. The number of benzene rings is 2. The number of ether oxygens (including phenoxy) is 2. The quantitative estimate of drug-likeness (QED) is 0.833. The number of nitrogens with zero attached hydrogens (tertiary/aromatic N) is 2. The van der Waals surface area contributed by atoms with Crippen molar-refractivity contribution in [2.24, 2.45) is 0 Å². The summed E-state index contributed by atoms with van der Waals surface area (Å²) >= 11 is 0. The smallest absolute Gasteiger partial charge is 0.227 e. The van der Waals surface area contributed by atoms with Crippen LogP contribution in [0.2, 0.25) is 0 Å². The zero-order valence-corrected chi connectivity index (χ0v) is 15.2. The van der Waals surface area contributed by atoms with Gasteiger partial charge in [0.15, 0.2) is 0 Å². The number of amides is 1. The Balaban J connectivity index is 1.50. The maximum Gasteiger partial charge on any atom is 0.227 e. The predicted octanol–water partition coefficient (Wildman–Crippen LogP) is 2.63. The van der Waals surface area contributed by atoms with Gasteiger partial charge in [0.1, 0.15) is 18.2 Å². The molecule has 0 spiro atoms. The highest BCUT2D eigenvalue weighted by Crippen LogP contribution is 2.29.